The molecule has 1 aromatic heterocycles. The Kier molecular flexibility index (Phi) is 7.47. The van der Waals surface area contributed by atoms with Crippen molar-refractivity contribution in [2.24, 2.45) is 0 Å². The zero-order valence-electron chi connectivity index (χ0n) is 18.9. The van der Waals surface area contributed by atoms with E-state index in [1.807, 2.05) is 42.0 Å². The molecule has 2 aromatic carbocycles. The number of rotatable bonds is 9. The number of carbonyl (C=O) groups excluding carboxylic acids is 2. The van der Waals surface area contributed by atoms with Crippen molar-refractivity contribution in [2.75, 3.05) is 13.2 Å². The molecule has 7 nitrogen and oxygen atoms in total. The number of imidazole rings is 1. The summed E-state index contributed by atoms with van der Waals surface area (Å²) >= 11 is 3.38. The third-order valence-electron chi connectivity index (χ3n) is 5.68. The maximum absolute atomic E-state index is 13.2. The van der Waals surface area contributed by atoms with Crippen LogP contribution in [0.25, 0.3) is 5.76 Å². The Hall–Kier alpha value is -3.39. The van der Waals surface area contributed by atoms with Crippen LogP contribution in [-0.2, 0) is 16.1 Å². The average Bonchev–Trinajstić information content (AvgIpc) is 3.45. The standard InChI is InChI=1S/C26H26BrN3O4/c1-2-15-34-21-6-3-5-19(16-21)23-22(24(31)18-7-9-20(27)10-8-18)25(32)26(33)30(23)13-4-12-29-14-11-28-17-29/h3,5-11,14,16-17,23,31H,2,4,12-13,15H2,1H3/b24-22-. The summed E-state index contributed by atoms with van der Waals surface area (Å²) in [6.45, 7) is 3.59. The Morgan fingerprint density at radius 3 is 2.65 bits per heavy atom. The summed E-state index contributed by atoms with van der Waals surface area (Å²) in [5, 5.41) is 11.2. The van der Waals surface area contributed by atoms with Crippen LogP contribution >= 0.6 is 15.9 Å². The predicted molar refractivity (Wildman–Crippen MR) is 132 cm³/mol. The number of likely N-dealkylation sites (tertiary alicyclic amines) is 1. The maximum atomic E-state index is 13.2. The fraction of sp³-hybridized carbons (Fsp3) is 0.269. The molecular weight excluding hydrogens is 498 g/mol. The summed E-state index contributed by atoms with van der Waals surface area (Å²) in [6.07, 6.45) is 6.76. The van der Waals surface area contributed by atoms with Crippen molar-refractivity contribution < 1.29 is 19.4 Å². The van der Waals surface area contributed by atoms with Gasteiger partial charge in [0.05, 0.1) is 24.5 Å². The number of amides is 1. The largest absolute Gasteiger partial charge is 0.507 e. The fourth-order valence-electron chi connectivity index (χ4n) is 4.06. The van der Waals surface area contributed by atoms with Crippen molar-refractivity contribution >= 4 is 33.4 Å². The van der Waals surface area contributed by atoms with Gasteiger partial charge >= 0.3 is 0 Å². The molecule has 0 aliphatic carbocycles. The second kappa shape index (κ2) is 10.7. The van der Waals surface area contributed by atoms with Gasteiger partial charge < -0.3 is 19.3 Å². The number of halogens is 1. The molecule has 1 aliphatic rings. The number of Topliss-reactive ketones (excluding diaryl/α,β-unsaturated/α-hetero) is 1. The zero-order valence-corrected chi connectivity index (χ0v) is 20.4. The lowest BCUT2D eigenvalue weighted by molar-refractivity contribution is -0.139. The highest BCUT2D eigenvalue weighted by Crippen LogP contribution is 2.40. The maximum Gasteiger partial charge on any atom is 0.295 e. The first-order valence-corrected chi connectivity index (χ1v) is 12.0. The van der Waals surface area contributed by atoms with Crippen molar-refractivity contribution in [2.45, 2.75) is 32.4 Å². The Morgan fingerprint density at radius 2 is 1.94 bits per heavy atom. The fourth-order valence-corrected chi connectivity index (χ4v) is 4.32. The van der Waals surface area contributed by atoms with Crippen LogP contribution in [0.5, 0.6) is 5.75 Å². The SMILES string of the molecule is CCCOc1cccc(C2/C(=C(/O)c3ccc(Br)cc3)C(=O)C(=O)N2CCCn2ccnc2)c1. The number of carbonyl (C=O) groups is 2. The van der Waals surface area contributed by atoms with Crippen LogP contribution in [0, 0.1) is 0 Å². The lowest BCUT2D eigenvalue weighted by Gasteiger charge is -2.26. The lowest BCUT2D eigenvalue weighted by atomic mass is 9.95. The van der Waals surface area contributed by atoms with E-state index in [1.165, 1.54) is 0 Å². The van der Waals surface area contributed by atoms with E-state index in [0.717, 1.165) is 10.9 Å². The van der Waals surface area contributed by atoms with Gasteiger partial charge in [-0.25, -0.2) is 4.98 Å². The molecule has 176 valence electrons. The molecule has 0 radical (unpaired) electrons. The van der Waals surface area contributed by atoms with Gasteiger partial charge in [-0.15, -0.1) is 0 Å². The van der Waals surface area contributed by atoms with E-state index in [4.69, 9.17) is 4.74 Å². The first kappa shape index (κ1) is 23.8. The van der Waals surface area contributed by atoms with E-state index in [-0.39, 0.29) is 11.3 Å². The Balaban J connectivity index is 1.73. The smallest absolute Gasteiger partial charge is 0.295 e. The summed E-state index contributed by atoms with van der Waals surface area (Å²) in [6, 6.07) is 13.7. The highest BCUT2D eigenvalue weighted by atomic mass is 79.9. The van der Waals surface area contributed by atoms with Crippen LogP contribution in [0.3, 0.4) is 0 Å². The molecule has 0 bridgehead atoms. The average molecular weight is 524 g/mol. The minimum Gasteiger partial charge on any atom is -0.507 e. The van der Waals surface area contributed by atoms with Crippen LogP contribution in [-0.4, -0.2) is 44.4 Å². The molecule has 4 rings (SSSR count). The highest BCUT2D eigenvalue weighted by Gasteiger charge is 2.45. The molecule has 8 heteroatoms. The van der Waals surface area contributed by atoms with E-state index in [2.05, 4.69) is 20.9 Å². The van der Waals surface area contributed by atoms with Gasteiger partial charge in [-0.2, -0.15) is 0 Å². The molecule has 1 amide bonds. The number of hydrogen-bond acceptors (Lipinski definition) is 5. The van der Waals surface area contributed by atoms with E-state index in [1.54, 1.807) is 41.7 Å². The van der Waals surface area contributed by atoms with Gasteiger partial charge in [0.15, 0.2) is 0 Å². The summed E-state index contributed by atoms with van der Waals surface area (Å²) in [7, 11) is 0. The highest BCUT2D eigenvalue weighted by molar-refractivity contribution is 9.10. The monoisotopic (exact) mass is 523 g/mol. The first-order chi connectivity index (χ1) is 16.5. The third-order valence-corrected chi connectivity index (χ3v) is 6.21. The van der Waals surface area contributed by atoms with Crippen LogP contribution in [0.1, 0.15) is 36.9 Å². The number of aromatic nitrogens is 2. The molecule has 1 aliphatic heterocycles. The van der Waals surface area contributed by atoms with Gasteiger partial charge in [-0.1, -0.05) is 47.1 Å². The van der Waals surface area contributed by atoms with Gasteiger partial charge in [0.25, 0.3) is 11.7 Å². The number of ketones is 1. The second-order valence-corrected chi connectivity index (χ2v) is 8.99. The molecule has 1 atom stereocenters. The Labute approximate surface area is 206 Å². The normalized spacial score (nSPS) is 17.4. The van der Waals surface area contributed by atoms with Crippen molar-refractivity contribution in [3.63, 3.8) is 0 Å². The molecule has 0 saturated carbocycles. The van der Waals surface area contributed by atoms with Crippen LogP contribution in [0.15, 0.2) is 77.3 Å². The van der Waals surface area contributed by atoms with E-state index >= 15 is 0 Å². The minimum absolute atomic E-state index is 0.0857. The topological polar surface area (TPSA) is 84.7 Å². The van der Waals surface area contributed by atoms with Gasteiger partial charge in [-0.05, 0) is 42.7 Å². The lowest BCUT2D eigenvalue weighted by Crippen LogP contribution is -2.31. The van der Waals surface area contributed by atoms with E-state index < -0.39 is 17.7 Å². The van der Waals surface area contributed by atoms with E-state index in [9.17, 15) is 14.7 Å². The molecule has 0 spiro atoms. The van der Waals surface area contributed by atoms with Gasteiger partial charge in [0.2, 0.25) is 0 Å². The second-order valence-electron chi connectivity index (χ2n) is 8.07. The third kappa shape index (κ3) is 5.07. The quantitative estimate of drug-likeness (QED) is 0.243. The van der Waals surface area contributed by atoms with Crippen molar-refractivity contribution in [3.05, 3.63) is 88.4 Å². The van der Waals surface area contributed by atoms with Crippen molar-refractivity contribution in [1.82, 2.24) is 14.5 Å². The molecule has 3 aromatic rings. The van der Waals surface area contributed by atoms with Crippen molar-refractivity contribution in [1.29, 1.82) is 0 Å². The zero-order chi connectivity index (χ0) is 24.1. The molecule has 1 fully saturated rings. The number of nitrogens with zero attached hydrogens (tertiary/aromatic N) is 3. The van der Waals surface area contributed by atoms with Gasteiger partial charge in [-0.3, -0.25) is 9.59 Å². The molecule has 1 unspecified atom stereocenters. The minimum atomic E-state index is -0.711. The van der Waals surface area contributed by atoms with E-state index in [0.29, 0.717) is 43.0 Å². The molecule has 34 heavy (non-hydrogen) atoms. The molecule has 1 saturated heterocycles. The van der Waals surface area contributed by atoms with Crippen LogP contribution in [0.4, 0.5) is 0 Å². The Morgan fingerprint density at radius 1 is 1.15 bits per heavy atom. The number of aryl methyl sites for hydroxylation is 1. The predicted octanol–water partition coefficient (Wildman–Crippen LogP) is 4.95. The summed E-state index contributed by atoms with van der Waals surface area (Å²) < 4.78 is 8.56. The van der Waals surface area contributed by atoms with Gasteiger partial charge in [0.1, 0.15) is 11.5 Å². The Bertz CT molecular complexity index is 1190. The molecule has 1 N–H and O–H groups in total. The number of benzene rings is 2. The first-order valence-electron chi connectivity index (χ1n) is 11.2. The van der Waals surface area contributed by atoms with Crippen LogP contribution in [0.2, 0.25) is 0 Å². The number of aliphatic hydroxyl groups is 1. The number of aliphatic hydroxyl groups excluding tert-OH is 1. The molecular formula is C26H26BrN3O4. The number of hydrogen-bond donors (Lipinski definition) is 1. The number of ether oxygens (including phenoxy) is 1. The summed E-state index contributed by atoms with van der Waals surface area (Å²) in [5.41, 5.74) is 1.28. The van der Waals surface area contributed by atoms with Crippen LogP contribution < -0.4 is 4.74 Å². The van der Waals surface area contributed by atoms with Crippen molar-refractivity contribution in [3.8, 4) is 5.75 Å². The molecule has 2 heterocycles. The summed E-state index contributed by atoms with van der Waals surface area (Å²) in [5.74, 6) is -0.832. The van der Waals surface area contributed by atoms with Gasteiger partial charge in [0, 0.05) is 35.5 Å². The summed E-state index contributed by atoms with van der Waals surface area (Å²) in [4.78, 5) is 31.9.